The lowest BCUT2D eigenvalue weighted by Crippen LogP contribution is -2.31. The Morgan fingerprint density at radius 3 is 0.750 bits per heavy atom. The topological polar surface area (TPSA) is 80.9 Å². The zero-order valence-corrected chi connectivity index (χ0v) is 9.76. The third-order valence-corrected chi connectivity index (χ3v) is 4.09. The predicted molar refractivity (Wildman–Crippen MR) is 60.8 cm³/mol. The molecule has 0 aromatic carbocycles. The molecule has 2 aliphatic rings. The van der Waals surface area contributed by atoms with Crippen LogP contribution in [0.1, 0.15) is 25.7 Å². The molecule has 0 amide bonds. The van der Waals surface area contributed by atoms with Crippen molar-refractivity contribution in [1.82, 2.24) is 0 Å². The lowest BCUT2D eigenvalue weighted by atomic mass is 9.75. The van der Waals surface area contributed by atoms with Crippen LogP contribution < -0.4 is 0 Å². The van der Waals surface area contributed by atoms with Crippen LogP contribution in [0, 0.1) is 23.7 Å². The first-order valence-corrected chi connectivity index (χ1v) is 6.20. The van der Waals surface area contributed by atoms with Crippen LogP contribution in [0.4, 0.5) is 0 Å². The molecule has 0 aromatic rings. The second kappa shape index (κ2) is 7.22. The number of aliphatic hydroxyl groups excluding tert-OH is 4. The van der Waals surface area contributed by atoms with Gasteiger partial charge in [-0.2, -0.15) is 0 Å². The van der Waals surface area contributed by atoms with Gasteiger partial charge < -0.3 is 20.4 Å². The maximum atomic E-state index is 8.58. The highest BCUT2D eigenvalue weighted by molar-refractivity contribution is 4.79. The van der Waals surface area contributed by atoms with E-state index in [1.54, 1.807) is 0 Å². The van der Waals surface area contributed by atoms with Crippen LogP contribution in [-0.4, -0.2) is 46.9 Å². The third-order valence-electron chi connectivity index (χ3n) is 4.09. The second-order valence-electron chi connectivity index (χ2n) is 4.93. The SMILES string of the molecule is OC[C@@H]1CC[C@H]1CO.OC[C@H]1CC[C@@H]1CO. The van der Waals surface area contributed by atoms with Crippen LogP contribution in [0.2, 0.25) is 0 Å². The van der Waals surface area contributed by atoms with E-state index in [0.29, 0.717) is 23.7 Å². The molecule has 0 bridgehead atoms. The lowest BCUT2D eigenvalue weighted by Gasteiger charge is -2.33. The van der Waals surface area contributed by atoms with Crippen molar-refractivity contribution in [3.8, 4) is 0 Å². The first kappa shape index (κ1) is 13.9. The first-order valence-electron chi connectivity index (χ1n) is 6.20. The van der Waals surface area contributed by atoms with Gasteiger partial charge in [0.05, 0.1) is 0 Å². The van der Waals surface area contributed by atoms with Gasteiger partial charge in [-0.3, -0.25) is 0 Å². The van der Waals surface area contributed by atoms with Crippen molar-refractivity contribution in [2.75, 3.05) is 26.4 Å². The summed E-state index contributed by atoms with van der Waals surface area (Å²) in [4.78, 5) is 0. The van der Waals surface area contributed by atoms with Gasteiger partial charge in [0.15, 0.2) is 0 Å². The zero-order valence-electron chi connectivity index (χ0n) is 9.76. The molecule has 4 N–H and O–H groups in total. The van der Waals surface area contributed by atoms with E-state index < -0.39 is 0 Å². The van der Waals surface area contributed by atoms with E-state index in [0.717, 1.165) is 25.7 Å². The minimum absolute atomic E-state index is 0.255. The molecule has 0 aromatic heterocycles. The zero-order chi connectivity index (χ0) is 12.0. The Kier molecular flexibility index (Phi) is 6.28. The molecular formula is C12H24O4. The van der Waals surface area contributed by atoms with E-state index in [9.17, 15) is 0 Å². The molecule has 4 heteroatoms. The molecule has 2 saturated carbocycles. The molecule has 0 radical (unpaired) electrons. The number of aliphatic hydroxyl groups is 4. The smallest absolute Gasteiger partial charge is 0.0462 e. The van der Waals surface area contributed by atoms with Crippen LogP contribution in [0.3, 0.4) is 0 Å². The summed E-state index contributed by atoms with van der Waals surface area (Å²) in [7, 11) is 0. The van der Waals surface area contributed by atoms with Gasteiger partial charge in [0.1, 0.15) is 0 Å². The van der Waals surface area contributed by atoms with Crippen molar-refractivity contribution < 1.29 is 20.4 Å². The molecule has 4 atom stereocenters. The summed E-state index contributed by atoms with van der Waals surface area (Å²) in [6.45, 7) is 1.02. The summed E-state index contributed by atoms with van der Waals surface area (Å²) in [6, 6.07) is 0. The highest BCUT2D eigenvalue weighted by atomic mass is 16.3. The van der Waals surface area contributed by atoms with Gasteiger partial charge in [0, 0.05) is 26.4 Å². The molecule has 0 aliphatic heterocycles. The Hall–Kier alpha value is -0.160. The fourth-order valence-corrected chi connectivity index (χ4v) is 2.24. The Morgan fingerprint density at radius 1 is 0.500 bits per heavy atom. The van der Waals surface area contributed by atoms with Crippen molar-refractivity contribution >= 4 is 0 Å². The van der Waals surface area contributed by atoms with E-state index in [1.807, 2.05) is 0 Å². The predicted octanol–water partition coefficient (Wildman–Crippen LogP) is -0.00560. The van der Waals surface area contributed by atoms with Crippen molar-refractivity contribution in [3.05, 3.63) is 0 Å². The molecule has 4 nitrogen and oxygen atoms in total. The summed E-state index contributed by atoms with van der Waals surface area (Å²) in [5.41, 5.74) is 0. The van der Waals surface area contributed by atoms with Gasteiger partial charge in [-0.25, -0.2) is 0 Å². The van der Waals surface area contributed by atoms with Crippen molar-refractivity contribution in [2.45, 2.75) is 25.7 Å². The quantitative estimate of drug-likeness (QED) is 0.550. The van der Waals surface area contributed by atoms with Gasteiger partial charge in [0.2, 0.25) is 0 Å². The van der Waals surface area contributed by atoms with Crippen molar-refractivity contribution in [2.24, 2.45) is 23.7 Å². The van der Waals surface area contributed by atoms with Gasteiger partial charge in [0.25, 0.3) is 0 Å². The Bertz CT molecular complexity index is 138. The van der Waals surface area contributed by atoms with Crippen LogP contribution in [0.25, 0.3) is 0 Å². The molecule has 16 heavy (non-hydrogen) atoms. The number of hydrogen-bond acceptors (Lipinski definition) is 4. The molecule has 0 spiro atoms. The van der Waals surface area contributed by atoms with Gasteiger partial charge in [-0.1, -0.05) is 0 Å². The van der Waals surface area contributed by atoms with Crippen LogP contribution in [-0.2, 0) is 0 Å². The average Bonchev–Trinajstić information content (AvgIpc) is 2.18. The van der Waals surface area contributed by atoms with E-state index in [-0.39, 0.29) is 26.4 Å². The van der Waals surface area contributed by atoms with Crippen LogP contribution in [0.15, 0.2) is 0 Å². The molecule has 2 rings (SSSR count). The third kappa shape index (κ3) is 3.42. The number of hydrogen-bond donors (Lipinski definition) is 4. The Labute approximate surface area is 96.9 Å². The van der Waals surface area contributed by atoms with E-state index in [4.69, 9.17) is 20.4 Å². The summed E-state index contributed by atoms with van der Waals surface area (Å²) in [5.74, 6) is 1.61. The molecular weight excluding hydrogens is 208 g/mol. The van der Waals surface area contributed by atoms with E-state index >= 15 is 0 Å². The fourth-order valence-electron chi connectivity index (χ4n) is 2.24. The second-order valence-corrected chi connectivity index (χ2v) is 4.93. The summed E-state index contributed by atoms with van der Waals surface area (Å²) >= 11 is 0. The van der Waals surface area contributed by atoms with Crippen molar-refractivity contribution in [3.63, 3.8) is 0 Å². The molecule has 0 unspecified atom stereocenters. The molecule has 96 valence electrons. The Balaban J connectivity index is 0.000000160. The van der Waals surface area contributed by atoms with Gasteiger partial charge >= 0.3 is 0 Å². The Morgan fingerprint density at radius 2 is 0.688 bits per heavy atom. The molecule has 2 fully saturated rings. The fraction of sp³-hybridized carbons (Fsp3) is 1.00. The molecule has 0 saturated heterocycles. The van der Waals surface area contributed by atoms with Gasteiger partial charge in [-0.05, 0) is 49.4 Å². The molecule has 0 heterocycles. The maximum absolute atomic E-state index is 8.58. The summed E-state index contributed by atoms with van der Waals surface area (Å²) in [6.07, 6.45) is 4.40. The van der Waals surface area contributed by atoms with Crippen LogP contribution in [0.5, 0.6) is 0 Å². The summed E-state index contributed by atoms with van der Waals surface area (Å²) < 4.78 is 0. The minimum Gasteiger partial charge on any atom is -0.396 e. The standard InChI is InChI=1S/2C6H12O2/c2*7-3-5-1-2-6(5)4-8/h2*5-8H,1-4H2/t2*5-,6-/m10/s1. The van der Waals surface area contributed by atoms with Crippen LogP contribution >= 0.6 is 0 Å². The minimum atomic E-state index is 0.255. The normalized spacial score (nSPS) is 36.8. The van der Waals surface area contributed by atoms with E-state index in [1.165, 1.54) is 0 Å². The summed E-state index contributed by atoms with van der Waals surface area (Å²) in [5, 5.41) is 34.3. The monoisotopic (exact) mass is 232 g/mol. The molecule has 2 aliphatic carbocycles. The highest BCUT2D eigenvalue weighted by Crippen LogP contribution is 2.33. The van der Waals surface area contributed by atoms with Gasteiger partial charge in [-0.15, -0.1) is 0 Å². The van der Waals surface area contributed by atoms with Crippen molar-refractivity contribution in [1.29, 1.82) is 0 Å². The first-order chi connectivity index (χ1) is 7.76. The van der Waals surface area contributed by atoms with E-state index in [2.05, 4.69) is 0 Å². The lowest BCUT2D eigenvalue weighted by molar-refractivity contribution is 0.0459. The largest absolute Gasteiger partial charge is 0.396 e. The maximum Gasteiger partial charge on any atom is 0.0462 e. The highest BCUT2D eigenvalue weighted by Gasteiger charge is 2.29. The average molecular weight is 232 g/mol. The number of rotatable bonds is 4.